The Labute approximate surface area is 118 Å². The van der Waals surface area contributed by atoms with Gasteiger partial charge in [0.2, 0.25) is 0 Å². The normalized spacial score (nSPS) is 18.8. The summed E-state index contributed by atoms with van der Waals surface area (Å²) in [7, 11) is 0. The van der Waals surface area contributed by atoms with Gasteiger partial charge in [-0.25, -0.2) is 0 Å². The molecule has 1 aliphatic rings. The van der Waals surface area contributed by atoms with E-state index in [1.54, 1.807) is 0 Å². The molecule has 1 saturated heterocycles. The van der Waals surface area contributed by atoms with Crippen LogP contribution in [0.1, 0.15) is 24.0 Å². The van der Waals surface area contributed by atoms with Crippen LogP contribution >= 0.6 is 23.4 Å². The lowest BCUT2D eigenvalue weighted by Crippen LogP contribution is -2.43. The van der Waals surface area contributed by atoms with Gasteiger partial charge in [-0.05, 0) is 54.5 Å². The Morgan fingerprint density at radius 2 is 2.11 bits per heavy atom. The second kappa shape index (κ2) is 6.29. The van der Waals surface area contributed by atoms with E-state index in [1.165, 1.54) is 11.1 Å². The van der Waals surface area contributed by atoms with Gasteiger partial charge in [-0.1, -0.05) is 17.7 Å². The minimum absolute atomic E-state index is 0.508. The molecular weight excluding hydrogens is 266 g/mol. The van der Waals surface area contributed by atoms with Crippen molar-refractivity contribution < 1.29 is 5.11 Å². The molecule has 0 amide bonds. The van der Waals surface area contributed by atoms with Crippen molar-refractivity contribution in [2.75, 3.05) is 18.1 Å². The van der Waals surface area contributed by atoms with E-state index in [0.29, 0.717) is 6.54 Å². The van der Waals surface area contributed by atoms with Crippen molar-refractivity contribution in [2.24, 2.45) is 0 Å². The Balaban J connectivity index is 1.84. The maximum absolute atomic E-state index is 10.4. The van der Waals surface area contributed by atoms with Gasteiger partial charge in [0.1, 0.15) is 0 Å². The van der Waals surface area contributed by atoms with Crippen LogP contribution in [0.5, 0.6) is 0 Å². The van der Waals surface area contributed by atoms with Crippen molar-refractivity contribution >= 4 is 23.4 Å². The standard InChI is InChI=1S/C14H20ClNOS/c1-11-8-13(15)3-2-12(11)9-16-10-14(17)4-6-18-7-5-14/h2-3,8,16-17H,4-7,9-10H2,1H3. The molecule has 1 aliphatic heterocycles. The van der Waals surface area contributed by atoms with Gasteiger partial charge < -0.3 is 10.4 Å². The summed E-state index contributed by atoms with van der Waals surface area (Å²) in [4.78, 5) is 0. The molecule has 1 fully saturated rings. The van der Waals surface area contributed by atoms with E-state index < -0.39 is 5.60 Å². The lowest BCUT2D eigenvalue weighted by molar-refractivity contribution is 0.0320. The van der Waals surface area contributed by atoms with Gasteiger partial charge in [0.25, 0.3) is 0 Å². The Morgan fingerprint density at radius 1 is 1.39 bits per heavy atom. The molecule has 0 aliphatic carbocycles. The van der Waals surface area contributed by atoms with Crippen LogP contribution in [-0.2, 0) is 6.54 Å². The molecule has 1 aromatic rings. The Morgan fingerprint density at radius 3 is 2.78 bits per heavy atom. The number of halogens is 1. The maximum atomic E-state index is 10.4. The van der Waals surface area contributed by atoms with E-state index in [1.807, 2.05) is 30.0 Å². The summed E-state index contributed by atoms with van der Waals surface area (Å²) < 4.78 is 0. The SMILES string of the molecule is Cc1cc(Cl)ccc1CNCC1(O)CCSCC1. The van der Waals surface area contributed by atoms with Crippen molar-refractivity contribution in [2.45, 2.75) is 31.9 Å². The molecule has 0 atom stereocenters. The topological polar surface area (TPSA) is 32.3 Å². The van der Waals surface area contributed by atoms with Crippen LogP contribution in [0.15, 0.2) is 18.2 Å². The minimum atomic E-state index is -0.508. The number of aryl methyl sites for hydroxylation is 1. The van der Waals surface area contributed by atoms with Gasteiger partial charge in [-0.2, -0.15) is 11.8 Å². The van der Waals surface area contributed by atoms with Crippen molar-refractivity contribution in [3.8, 4) is 0 Å². The van der Waals surface area contributed by atoms with Crippen molar-refractivity contribution in [3.63, 3.8) is 0 Å². The third kappa shape index (κ3) is 3.89. The minimum Gasteiger partial charge on any atom is -0.389 e. The number of hydrogen-bond donors (Lipinski definition) is 2. The summed E-state index contributed by atoms with van der Waals surface area (Å²) in [6, 6.07) is 5.94. The predicted molar refractivity (Wildman–Crippen MR) is 79.4 cm³/mol. The van der Waals surface area contributed by atoms with Gasteiger partial charge >= 0.3 is 0 Å². The molecule has 0 saturated carbocycles. The largest absolute Gasteiger partial charge is 0.389 e. The predicted octanol–water partition coefficient (Wildman–Crippen LogP) is 3.00. The molecule has 4 heteroatoms. The van der Waals surface area contributed by atoms with E-state index in [4.69, 9.17) is 11.6 Å². The Kier molecular flexibility index (Phi) is 4.96. The zero-order valence-corrected chi connectivity index (χ0v) is 12.3. The van der Waals surface area contributed by atoms with Crippen molar-refractivity contribution in [1.82, 2.24) is 5.32 Å². The highest BCUT2D eigenvalue weighted by atomic mass is 35.5. The second-order valence-electron chi connectivity index (χ2n) is 5.01. The van der Waals surface area contributed by atoms with Gasteiger partial charge in [0.15, 0.2) is 0 Å². The molecule has 0 radical (unpaired) electrons. The molecule has 1 heterocycles. The van der Waals surface area contributed by atoms with Crippen LogP contribution in [0.4, 0.5) is 0 Å². The fourth-order valence-corrected chi connectivity index (χ4v) is 3.70. The van der Waals surface area contributed by atoms with Gasteiger partial charge in [-0.3, -0.25) is 0 Å². The van der Waals surface area contributed by atoms with E-state index in [9.17, 15) is 5.11 Å². The zero-order valence-electron chi connectivity index (χ0n) is 10.7. The lowest BCUT2D eigenvalue weighted by Gasteiger charge is -2.32. The van der Waals surface area contributed by atoms with Crippen molar-refractivity contribution in [1.29, 1.82) is 0 Å². The number of benzene rings is 1. The lowest BCUT2D eigenvalue weighted by atomic mass is 9.96. The first-order valence-electron chi connectivity index (χ1n) is 6.35. The average Bonchev–Trinajstić information content (AvgIpc) is 2.33. The Hall–Kier alpha value is -0.220. The van der Waals surface area contributed by atoms with Gasteiger partial charge in [-0.15, -0.1) is 0 Å². The highest BCUT2D eigenvalue weighted by molar-refractivity contribution is 7.99. The number of hydrogen-bond acceptors (Lipinski definition) is 3. The van der Waals surface area contributed by atoms with Crippen molar-refractivity contribution in [3.05, 3.63) is 34.3 Å². The monoisotopic (exact) mass is 285 g/mol. The Bertz CT molecular complexity index is 405. The smallest absolute Gasteiger partial charge is 0.0787 e. The van der Waals surface area contributed by atoms with Gasteiger partial charge in [0, 0.05) is 18.1 Å². The molecule has 18 heavy (non-hydrogen) atoms. The van der Waals surface area contributed by atoms with Crippen LogP contribution < -0.4 is 5.32 Å². The molecular formula is C14H20ClNOS. The summed E-state index contributed by atoms with van der Waals surface area (Å²) in [5, 5.41) is 14.5. The van der Waals surface area contributed by atoms with E-state index >= 15 is 0 Å². The van der Waals surface area contributed by atoms with E-state index in [2.05, 4.69) is 12.2 Å². The fourth-order valence-electron chi connectivity index (χ4n) is 2.22. The summed E-state index contributed by atoms with van der Waals surface area (Å²) in [6.07, 6.45) is 1.79. The first-order valence-corrected chi connectivity index (χ1v) is 7.88. The number of rotatable bonds is 4. The summed E-state index contributed by atoms with van der Waals surface area (Å²) in [5.41, 5.74) is 1.93. The number of thioether (sulfide) groups is 1. The third-order valence-corrected chi connectivity index (χ3v) is 4.72. The number of nitrogens with one attached hydrogen (secondary N) is 1. The molecule has 2 rings (SSSR count). The second-order valence-corrected chi connectivity index (χ2v) is 6.67. The molecule has 0 bridgehead atoms. The molecule has 2 N–H and O–H groups in total. The van der Waals surface area contributed by atoms with E-state index in [0.717, 1.165) is 35.9 Å². The van der Waals surface area contributed by atoms with E-state index in [-0.39, 0.29) is 0 Å². The van der Waals surface area contributed by atoms with Gasteiger partial charge in [0.05, 0.1) is 5.60 Å². The van der Waals surface area contributed by atoms with Crippen LogP contribution in [0.25, 0.3) is 0 Å². The molecule has 1 aromatic carbocycles. The number of aliphatic hydroxyl groups is 1. The summed E-state index contributed by atoms with van der Waals surface area (Å²) >= 11 is 7.86. The fraction of sp³-hybridized carbons (Fsp3) is 0.571. The zero-order chi connectivity index (χ0) is 13.0. The quantitative estimate of drug-likeness (QED) is 0.892. The molecule has 0 aromatic heterocycles. The third-order valence-electron chi connectivity index (χ3n) is 3.50. The summed E-state index contributed by atoms with van der Waals surface area (Å²) in [6.45, 7) is 3.53. The molecule has 100 valence electrons. The van der Waals surface area contributed by atoms with Crippen LogP contribution in [-0.4, -0.2) is 28.8 Å². The first-order chi connectivity index (χ1) is 8.59. The molecule has 2 nitrogen and oxygen atoms in total. The van der Waals surface area contributed by atoms with Crippen LogP contribution in [0.3, 0.4) is 0 Å². The molecule has 0 unspecified atom stereocenters. The highest BCUT2D eigenvalue weighted by Gasteiger charge is 2.28. The summed E-state index contributed by atoms with van der Waals surface area (Å²) in [5.74, 6) is 2.14. The van der Waals surface area contributed by atoms with Crippen LogP contribution in [0, 0.1) is 6.92 Å². The van der Waals surface area contributed by atoms with Crippen LogP contribution in [0.2, 0.25) is 5.02 Å². The molecule has 0 spiro atoms. The highest BCUT2D eigenvalue weighted by Crippen LogP contribution is 2.26. The first kappa shape index (κ1) is 14.2. The maximum Gasteiger partial charge on any atom is 0.0787 e. The average molecular weight is 286 g/mol.